The molecule has 92 valence electrons. The van der Waals surface area contributed by atoms with Gasteiger partial charge in [-0.15, -0.1) is 0 Å². The Bertz CT molecular complexity index is 177. The van der Waals surface area contributed by atoms with Crippen molar-refractivity contribution < 1.29 is 8.78 Å². The lowest BCUT2D eigenvalue weighted by Gasteiger charge is -2.31. The Kier molecular flexibility index (Phi) is 5.22. The predicted molar refractivity (Wildman–Crippen MR) is 62.3 cm³/mol. The standard InChI is InChI=1S/C13H26F2/c1-10(12(2,3)4)7-8-13(5,6)9-11(14)15/h10-11H,7-9H2,1-6H3. The van der Waals surface area contributed by atoms with Gasteiger partial charge in [0.15, 0.2) is 0 Å². The zero-order chi connectivity index (χ0) is 12.3. The van der Waals surface area contributed by atoms with Crippen molar-refractivity contribution in [3.63, 3.8) is 0 Å². The van der Waals surface area contributed by atoms with Gasteiger partial charge in [-0.1, -0.05) is 41.5 Å². The largest absolute Gasteiger partial charge is 0.239 e. The maximum atomic E-state index is 12.3. The van der Waals surface area contributed by atoms with Gasteiger partial charge in [0.25, 0.3) is 0 Å². The number of alkyl halides is 2. The van der Waals surface area contributed by atoms with Crippen molar-refractivity contribution in [1.29, 1.82) is 0 Å². The third-order valence-corrected chi connectivity index (χ3v) is 3.44. The van der Waals surface area contributed by atoms with E-state index in [-0.39, 0.29) is 17.3 Å². The van der Waals surface area contributed by atoms with Gasteiger partial charge in [0.1, 0.15) is 0 Å². The van der Waals surface area contributed by atoms with Crippen LogP contribution >= 0.6 is 0 Å². The molecule has 1 atom stereocenters. The Hall–Kier alpha value is -0.140. The van der Waals surface area contributed by atoms with Crippen LogP contribution in [-0.2, 0) is 0 Å². The Morgan fingerprint density at radius 3 is 1.80 bits per heavy atom. The predicted octanol–water partition coefficient (Wildman–Crippen LogP) is 5.13. The molecule has 0 nitrogen and oxygen atoms in total. The molecule has 0 aromatic rings. The highest BCUT2D eigenvalue weighted by molar-refractivity contribution is 4.75. The Balaban J connectivity index is 4.04. The van der Waals surface area contributed by atoms with Crippen LogP contribution in [-0.4, -0.2) is 6.43 Å². The van der Waals surface area contributed by atoms with Crippen molar-refractivity contribution in [3.05, 3.63) is 0 Å². The van der Waals surface area contributed by atoms with E-state index in [2.05, 4.69) is 27.7 Å². The third kappa shape index (κ3) is 6.86. The summed E-state index contributed by atoms with van der Waals surface area (Å²) < 4.78 is 24.6. The summed E-state index contributed by atoms with van der Waals surface area (Å²) in [6, 6.07) is 0. The molecule has 15 heavy (non-hydrogen) atoms. The Morgan fingerprint density at radius 1 is 1.00 bits per heavy atom. The number of halogens is 2. The molecule has 0 fully saturated rings. The monoisotopic (exact) mass is 220 g/mol. The molecule has 0 radical (unpaired) electrons. The normalized spacial score (nSPS) is 15.8. The van der Waals surface area contributed by atoms with Gasteiger partial charge < -0.3 is 0 Å². The smallest absolute Gasteiger partial charge is 0.211 e. The minimum Gasteiger partial charge on any atom is -0.211 e. The minimum atomic E-state index is -2.18. The summed E-state index contributed by atoms with van der Waals surface area (Å²) in [5.74, 6) is 0.578. The molecule has 0 aromatic carbocycles. The van der Waals surface area contributed by atoms with E-state index >= 15 is 0 Å². The van der Waals surface area contributed by atoms with Gasteiger partial charge in [-0.25, -0.2) is 8.78 Å². The van der Waals surface area contributed by atoms with Crippen LogP contribution in [0.2, 0.25) is 0 Å². The fourth-order valence-electron chi connectivity index (χ4n) is 1.56. The summed E-state index contributed by atoms with van der Waals surface area (Å²) in [7, 11) is 0. The minimum absolute atomic E-state index is 0.0177. The van der Waals surface area contributed by atoms with Crippen LogP contribution in [0.25, 0.3) is 0 Å². The molecular formula is C13H26F2. The molecule has 0 amide bonds. The molecule has 2 heteroatoms. The molecule has 0 rings (SSSR count). The maximum Gasteiger partial charge on any atom is 0.239 e. The van der Waals surface area contributed by atoms with Crippen molar-refractivity contribution in [2.24, 2.45) is 16.7 Å². The first-order valence-electron chi connectivity index (χ1n) is 5.83. The second kappa shape index (κ2) is 5.27. The molecular weight excluding hydrogens is 194 g/mol. The lowest BCUT2D eigenvalue weighted by molar-refractivity contribution is 0.0768. The van der Waals surface area contributed by atoms with Crippen molar-refractivity contribution >= 4 is 0 Å². The first-order chi connectivity index (χ1) is 6.54. The Labute approximate surface area is 93.4 Å². The van der Waals surface area contributed by atoms with E-state index in [0.29, 0.717) is 5.92 Å². The molecule has 0 aliphatic carbocycles. The maximum absolute atomic E-state index is 12.3. The molecule has 0 aromatic heterocycles. The fourth-order valence-corrected chi connectivity index (χ4v) is 1.56. The zero-order valence-electron chi connectivity index (χ0n) is 11.0. The molecule has 1 unspecified atom stereocenters. The number of rotatable bonds is 5. The van der Waals surface area contributed by atoms with Gasteiger partial charge in [0.05, 0.1) is 0 Å². The van der Waals surface area contributed by atoms with Crippen molar-refractivity contribution in [2.45, 2.75) is 67.2 Å². The van der Waals surface area contributed by atoms with Crippen molar-refractivity contribution in [1.82, 2.24) is 0 Å². The highest BCUT2D eigenvalue weighted by atomic mass is 19.3. The molecule has 0 saturated heterocycles. The van der Waals surface area contributed by atoms with Crippen LogP contribution in [0.4, 0.5) is 8.78 Å². The highest BCUT2D eigenvalue weighted by Crippen LogP contribution is 2.36. The van der Waals surface area contributed by atoms with Crippen LogP contribution in [0.5, 0.6) is 0 Å². The summed E-state index contributed by atoms with van der Waals surface area (Å²) >= 11 is 0. The zero-order valence-corrected chi connectivity index (χ0v) is 11.0. The van der Waals surface area contributed by atoms with E-state index in [1.165, 1.54) is 0 Å². The van der Waals surface area contributed by atoms with Gasteiger partial charge in [-0.05, 0) is 29.6 Å². The average Bonchev–Trinajstić information content (AvgIpc) is 1.95. The molecule has 0 spiro atoms. The van der Waals surface area contributed by atoms with E-state index in [9.17, 15) is 8.78 Å². The molecule has 0 aliphatic heterocycles. The van der Waals surface area contributed by atoms with Gasteiger partial charge in [-0.3, -0.25) is 0 Å². The highest BCUT2D eigenvalue weighted by Gasteiger charge is 2.26. The van der Waals surface area contributed by atoms with Crippen molar-refractivity contribution in [3.8, 4) is 0 Å². The lowest BCUT2D eigenvalue weighted by atomic mass is 9.75. The van der Waals surface area contributed by atoms with E-state index in [1.54, 1.807) is 0 Å². The van der Waals surface area contributed by atoms with Crippen LogP contribution in [0.1, 0.15) is 60.8 Å². The number of hydrogen-bond donors (Lipinski definition) is 0. The first kappa shape index (κ1) is 14.9. The van der Waals surface area contributed by atoms with Crippen LogP contribution in [0.15, 0.2) is 0 Å². The second-order valence-electron chi connectivity index (χ2n) is 6.57. The molecule has 0 saturated carbocycles. The van der Waals surface area contributed by atoms with Crippen LogP contribution < -0.4 is 0 Å². The summed E-state index contributed by atoms with van der Waals surface area (Å²) in [5.41, 5.74) is 0.0502. The van der Waals surface area contributed by atoms with E-state index < -0.39 is 6.43 Å². The molecule has 0 N–H and O–H groups in total. The van der Waals surface area contributed by atoms with Gasteiger partial charge in [0, 0.05) is 6.42 Å². The van der Waals surface area contributed by atoms with Crippen LogP contribution in [0, 0.1) is 16.7 Å². The summed E-state index contributed by atoms with van der Waals surface area (Å²) in [6.07, 6.45) is -0.243. The molecule has 0 heterocycles. The lowest BCUT2D eigenvalue weighted by Crippen LogP contribution is -2.22. The van der Waals surface area contributed by atoms with Gasteiger partial charge in [-0.2, -0.15) is 0 Å². The SMILES string of the molecule is CC(CCC(C)(C)CC(F)F)C(C)(C)C. The average molecular weight is 220 g/mol. The summed E-state index contributed by atoms with van der Waals surface area (Å²) in [4.78, 5) is 0. The van der Waals surface area contributed by atoms with Gasteiger partial charge in [0.2, 0.25) is 6.43 Å². The molecule has 0 aliphatic rings. The van der Waals surface area contributed by atoms with E-state index in [0.717, 1.165) is 12.8 Å². The second-order valence-corrected chi connectivity index (χ2v) is 6.57. The van der Waals surface area contributed by atoms with E-state index in [4.69, 9.17) is 0 Å². The third-order valence-electron chi connectivity index (χ3n) is 3.44. The fraction of sp³-hybridized carbons (Fsp3) is 1.00. The van der Waals surface area contributed by atoms with Gasteiger partial charge >= 0.3 is 0 Å². The Morgan fingerprint density at radius 2 is 1.47 bits per heavy atom. The van der Waals surface area contributed by atoms with E-state index in [1.807, 2.05) is 13.8 Å². The quantitative estimate of drug-likeness (QED) is 0.602. The first-order valence-corrected chi connectivity index (χ1v) is 5.83. The van der Waals surface area contributed by atoms with Crippen molar-refractivity contribution in [2.75, 3.05) is 0 Å². The summed E-state index contributed by atoms with van der Waals surface area (Å²) in [6.45, 7) is 12.7. The number of hydrogen-bond acceptors (Lipinski definition) is 0. The van der Waals surface area contributed by atoms with Crippen LogP contribution in [0.3, 0.4) is 0 Å². The summed E-state index contributed by atoms with van der Waals surface area (Å²) in [5, 5.41) is 0. The topological polar surface area (TPSA) is 0 Å². The molecule has 0 bridgehead atoms.